The van der Waals surface area contributed by atoms with E-state index >= 15 is 0 Å². The molecule has 0 unspecified atom stereocenters. The highest BCUT2D eigenvalue weighted by molar-refractivity contribution is 9.10. The van der Waals surface area contributed by atoms with Crippen LogP contribution < -0.4 is 5.56 Å². The first kappa shape index (κ1) is 16.1. The van der Waals surface area contributed by atoms with E-state index in [0.717, 1.165) is 26.9 Å². The fraction of sp³-hybridized carbons (Fsp3) is 0.0526. The van der Waals surface area contributed by atoms with Crippen molar-refractivity contribution in [3.05, 3.63) is 80.1 Å². The standard InChI is InChI=1S/C19H13BrClN3O/c1-11-18(13-5-2-6-14(20)8-13)19-22-16(10-17(25)24(19)23-11)12-4-3-7-15(21)9-12/h2-10,23H,1H3. The smallest absolute Gasteiger partial charge is 0.273 e. The third kappa shape index (κ3) is 2.90. The lowest BCUT2D eigenvalue weighted by atomic mass is 10.1. The molecule has 0 fully saturated rings. The number of nitrogens with zero attached hydrogens (tertiary/aromatic N) is 2. The van der Waals surface area contributed by atoms with Gasteiger partial charge >= 0.3 is 0 Å². The minimum absolute atomic E-state index is 0.163. The average Bonchev–Trinajstić information content (AvgIpc) is 2.91. The van der Waals surface area contributed by atoms with Crippen LogP contribution in [0, 0.1) is 6.92 Å². The van der Waals surface area contributed by atoms with Crippen LogP contribution in [0.25, 0.3) is 28.0 Å². The van der Waals surface area contributed by atoms with E-state index in [-0.39, 0.29) is 5.56 Å². The number of aryl methyl sites for hydroxylation is 1. The molecule has 0 bridgehead atoms. The van der Waals surface area contributed by atoms with Gasteiger partial charge in [0.15, 0.2) is 5.65 Å². The van der Waals surface area contributed by atoms with Gasteiger partial charge in [0.05, 0.1) is 5.69 Å². The number of aromatic nitrogens is 3. The molecule has 124 valence electrons. The summed E-state index contributed by atoms with van der Waals surface area (Å²) in [6, 6.07) is 16.8. The Bertz CT molecular complexity index is 1160. The largest absolute Gasteiger partial charge is 0.293 e. The third-order valence-corrected chi connectivity index (χ3v) is 4.76. The molecule has 0 saturated heterocycles. The summed E-state index contributed by atoms with van der Waals surface area (Å²) in [5.41, 5.74) is 4.62. The number of rotatable bonds is 2. The topological polar surface area (TPSA) is 50.2 Å². The molecule has 0 radical (unpaired) electrons. The molecule has 6 heteroatoms. The highest BCUT2D eigenvalue weighted by atomic mass is 79.9. The van der Waals surface area contributed by atoms with Gasteiger partial charge in [-0.1, -0.05) is 51.8 Å². The summed E-state index contributed by atoms with van der Waals surface area (Å²) in [5, 5.41) is 3.71. The second-order valence-electron chi connectivity index (χ2n) is 5.77. The zero-order valence-electron chi connectivity index (χ0n) is 13.3. The molecule has 1 N–H and O–H groups in total. The van der Waals surface area contributed by atoms with Crippen molar-refractivity contribution in [2.75, 3.05) is 0 Å². The molecule has 0 aliphatic heterocycles. The molecule has 4 nitrogen and oxygen atoms in total. The van der Waals surface area contributed by atoms with Gasteiger partial charge in [-0.25, -0.2) is 9.50 Å². The highest BCUT2D eigenvalue weighted by Gasteiger charge is 2.15. The van der Waals surface area contributed by atoms with E-state index in [0.29, 0.717) is 16.4 Å². The summed E-state index contributed by atoms with van der Waals surface area (Å²) in [5.74, 6) is 0. The molecule has 4 aromatic rings. The molecule has 2 aromatic heterocycles. The highest BCUT2D eigenvalue weighted by Crippen LogP contribution is 2.30. The number of nitrogens with one attached hydrogen (secondary N) is 1. The number of aromatic amines is 1. The summed E-state index contributed by atoms with van der Waals surface area (Å²) in [6.45, 7) is 1.93. The number of halogens is 2. The van der Waals surface area contributed by atoms with Crippen LogP contribution in [0.1, 0.15) is 5.69 Å². The lowest BCUT2D eigenvalue weighted by Gasteiger charge is -2.04. The van der Waals surface area contributed by atoms with Crippen LogP contribution in [0.2, 0.25) is 5.02 Å². The van der Waals surface area contributed by atoms with E-state index in [1.54, 1.807) is 12.1 Å². The van der Waals surface area contributed by atoms with E-state index in [9.17, 15) is 4.79 Å². The maximum atomic E-state index is 12.6. The minimum atomic E-state index is -0.163. The third-order valence-electron chi connectivity index (χ3n) is 4.03. The Morgan fingerprint density at radius 1 is 1.08 bits per heavy atom. The number of hydrogen-bond acceptors (Lipinski definition) is 2. The summed E-state index contributed by atoms with van der Waals surface area (Å²) in [6.07, 6.45) is 0. The minimum Gasteiger partial charge on any atom is -0.293 e. The van der Waals surface area contributed by atoms with Crippen molar-refractivity contribution in [1.29, 1.82) is 0 Å². The van der Waals surface area contributed by atoms with E-state index in [2.05, 4.69) is 21.0 Å². The molecule has 0 aliphatic carbocycles. The monoisotopic (exact) mass is 413 g/mol. The summed E-state index contributed by atoms with van der Waals surface area (Å²) >= 11 is 9.58. The molecule has 2 heterocycles. The van der Waals surface area contributed by atoms with Crippen molar-refractivity contribution in [3.8, 4) is 22.4 Å². The Hall–Kier alpha value is -2.37. The number of fused-ring (bicyclic) bond motifs is 1. The van der Waals surface area contributed by atoms with Gasteiger partial charge in [0, 0.05) is 32.4 Å². The second kappa shape index (κ2) is 6.17. The van der Waals surface area contributed by atoms with Crippen LogP contribution in [-0.2, 0) is 0 Å². The van der Waals surface area contributed by atoms with E-state index in [1.165, 1.54) is 10.6 Å². The zero-order valence-corrected chi connectivity index (χ0v) is 15.6. The fourth-order valence-electron chi connectivity index (χ4n) is 2.93. The van der Waals surface area contributed by atoms with E-state index in [1.807, 2.05) is 43.3 Å². The van der Waals surface area contributed by atoms with Crippen LogP contribution in [0.4, 0.5) is 0 Å². The Morgan fingerprint density at radius 2 is 1.84 bits per heavy atom. The van der Waals surface area contributed by atoms with Crippen LogP contribution in [0.15, 0.2) is 63.9 Å². The van der Waals surface area contributed by atoms with Gasteiger partial charge in [-0.3, -0.25) is 9.89 Å². The molecule has 4 rings (SSSR count). The van der Waals surface area contributed by atoms with Crippen LogP contribution in [-0.4, -0.2) is 14.6 Å². The van der Waals surface area contributed by atoms with Gasteiger partial charge in [0.1, 0.15) is 0 Å². The number of benzene rings is 2. The fourth-order valence-corrected chi connectivity index (χ4v) is 3.52. The predicted molar refractivity (Wildman–Crippen MR) is 104 cm³/mol. The first-order valence-electron chi connectivity index (χ1n) is 7.67. The molecule has 2 aromatic carbocycles. The normalized spacial score (nSPS) is 11.2. The van der Waals surface area contributed by atoms with Gasteiger partial charge in [0.2, 0.25) is 0 Å². The van der Waals surface area contributed by atoms with Crippen molar-refractivity contribution in [3.63, 3.8) is 0 Å². The number of hydrogen-bond donors (Lipinski definition) is 1. The van der Waals surface area contributed by atoms with Gasteiger partial charge in [-0.15, -0.1) is 0 Å². The Kier molecular flexibility index (Phi) is 3.98. The quantitative estimate of drug-likeness (QED) is 0.497. The van der Waals surface area contributed by atoms with E-state index in [4.69, 9.17) is 16.6 Å². The van der Waals surface area contributed by atoms with Gasteiger partial charge in [-0.2, -0.15) is 0 Å². The number of H-pyrrole nitrogens is 1. The van der Waals surface area contributed by atoms with Crippen LogP contribution >= 0.6 is 27.5 Å². The summed E-state index contributed by atoms with van der Waals surface area (Å²) in [7, 11) is 0. The molecule has 0 atom stereocenters. The molecule has 25 heavy (non-hydrogen) atoms. The summed E-state index contributed by atoms with van der Waals surface area (Å²) < 4.78 is 2.44. The van der Waals surface area contributed by atoms with E-state index < -0.39 is 0 Å². The Labute approximate surface area is 157 Å². The zero-order chi connectivity index (χ0) is 17.6. The second-order valence-corrected chi connectivity index (χ2v) is 7.12. The SMILES string of the molecule is Cc1[nH]n2c(=O)cc(-c3cccc(Cl)c3)nc2c1-c1cccc(Br)c1. The molecule has 0 aliphatic rings. The molecular formula is C19H13BrClN3O. The van der Waals surface area contributed by atoms with Crippen molar-refractivity contribution in [1.82, 2.24) is 14.6 Å². The van der Waals surface area contributed by atoms with Crippen molar-refractivity contribution in [2.24, 2.45) is 0 Å². The average molecular weight is 415 g/mol. The van der Waals surface area contributed by atoms with Crippen LogP contribution in [0.3, 0.4) is 0 Å². The summed E-state index contributed by atoms with van der Waals surface area (Å²) in [4.78, 5) is 17.3. The lowest BCUT2D eigenvalue weighted by Crippen LogP contribution is -2.14. The van der Waals surface area contributed by atoms with Crippen LogP contribution in [0.5, 0.6) is 0 Å². The maximum absolute atomic E-state index is 12.6. The molecule has 0 saturated carbocycles. The molecule has 0 amide bonds. The maximum Gasteiger partial charge on any atom is 0.273 e. The Balaban J connectivity index is 2.02. The Morgan fingerprint density at radius 3 is 2.60 bits per heavy atom. The van der Waals surface area contributed by atoms with Gasteiger partial charge in [-0.05, 0) is 36.8 Å². The predicted octanol–water partition coefficient (Wildman–Crippen LogP) is 5.08. The van der Waals surface area contributed by atoms with Crippen molar-refractivity contribution < 1.29 is 0 Å². The lowest BCUT2D eigenvalue weighted by molar-refractivity contribution is 0.882. The molecule has 0 spiro atoms. The van der Waals surface area contributed by atoms with Crippen molar-refractivity contribution in [2.45, 2.75) is 6.92 Å². The van der Waals surface area contributed by atoms with Gasteiger partial charge in [0.25, 0.3) is 5.56 Å². The van der Waals surface area contributed by atoms with Gasteiger partial charge < -0.3 is 0 Å². The molecular weight excluding hydrogens is 402 g/mol. The van der Waals surface area contributed by atoms with Crippen molar-refractivity contribution >= 4 is 33.2 Å². The first-order valence-corrected chi connectivity index (χ1v) is 8.84. The first-order chi connectivity index (χ1) is 12.0.